The highest BCUT2D eigenvalue weighted by Crippen LogP contribution is 2.14. The van der Waals surface area contributed by atoms with Crippen molar-refractivity contribution in [2.24, 2.45) is 0 Å². The van der Waals surface area contributed by atoms with Crippen molar-refractivity contribution >= 4 is 23.6 Å². The van der Waals surface area contributed by atoms with Gasteiger partial charge in [-0.25, -0.2) is 4.79 Å². The molecular weight excluding hydrogens is 330 g/mol. The van der Waals surface area contributed by atoms with Crippen molar-refractivity contribution in [3.8, 4) is 5.75 Å². The van der Waals surface area contributed by atoms with Crippen LogP contribution in [0, 0.1) is 0 Å². The number of hydrogen-bond acceptors (Lipinski definition) is 4. The van der Waals surface area contributed by atoms with Crippen molar-refractivity contribution in [3.63, 3.8) is 0 Å². The topological polar surface area (TPSA) is 64.6 Å². The summed E-state index contributed by atoms with van der Waals surface area (Å²) in [7, 11) is 0. The third-order valence-electron chi connectivity index (χ3n) is 3.49. The first-order valence-corrected chi connectivity index (χ1v) is 8.57. The molecule has 0 heterocycles. The van der Waals surface area contributed by atoms with Gasteiger partial charge in [0.05, 0.1) is 19.6 Å². The minimum atomic E-state index is -0.375. The fourth-order valence-electron chi connectivity index (χ4n) is 2.29. The van der Waals surface area contributed by atoms with Gasteiger partial charge in [0.2, 0.25) is 5.91 Å². The van der Waals surface area contributed by atoms with Gasteiger partial charge < -0.3 is 14.8 Å². The highest BCUT2D eigenvalue weighted by Gasteiger charge is 2.05. The Bertz CT molecular complexity index is 749. The van der Waals surface area contributed by atoms with E-state index in [2.05, 4.69) is 5.32 Å². The second kappa shape index (κ2) is 10.0. The first kappa shape index (κ1) is 19.2. The zero-order valence-corrected chi connectivity index (χ0v) is 15.0. The summed E-state index contributed by atoms with van der Waals surface area (Å²) in [4.78, 5) is 23.4. The summed E-state index contributed by atoms with van der Waals surface area (Å²) in [5.41, 5.74) is 2.47. The number of benzene rings is 2. The third kappa shape index (κ3) is 6.43. The molecule has 5 heteroatoms. The fraction of sp³-hybridized carbons (Fsp3) is 0.238. The van der Waals surface area contributed by atoms with Crippen LogP contribution in [-0.2, 0) is 20.7 Å². The monoisotopic (exact) mass is 353 g/mol. The SMILES string of the molecule is CCOC(=O)/C=C/c1ccc(NC(=O)Cc2ccc(OCC)cc2)cc1. The standard InChI is InChI=1S/C21H23NO4/c1-3-25-19-12-7-17(8-13-19)15-20(23)22-18-10-5-16(6-11-18)9-14-21(24)26-4-2/h5-14H,3-4,15H2,1-2H3,(H,22,23)/b14-9+. The van der Waals surface area contributed by atoms with Crippen molar-refractivity contribution in [2.75, 3.05) is 18.5 Å². The lowest BCUT2D eigenvalue weighted by Gasteiger charge is -2.07. The Balaban J connectivity index is 1.87. The Morgan fingerprint density at radius 3 is 2.27 bits per heavy atom. The summed E-state index contributed by atoms with van der Waals surface area (Å²) in [6.45, 7) is 4.66. The van der Waals surface area contributed by atoms with Gasteiger partial charge >= 0.3 is 5.97 Å². The van der Waals surface area contributed by atoms with Crippen molar-refractivity contribution in [1.29, 1.82) is 0 Å². The van der Waals surface area contributed by atoms with Gasteiger partial charge in [-0.15, -0.1) is 0 Å². The maximum absolute atomic E-state index is 12.1. The largest absolute Gasteiger partial charge is 0.494 e. The second-order valence-electron chi connectivity index (χ2n) is 5.51. The van der Waals surface area contributed by atoms with Crippen molar-refractivity contribution < 1.29 is 19.1 Å². The van der Waals surface area contributed by atoms with E-state index in [0.717, 1.165) is 16.9 Å². The predicted octanol–water partition coefficient (Wildman–Crippen LogP) is 3.84. The number of hydrogen-bond donors (Lipinski definition) is 1. The van der Waals surface area contributed by atoms with Gasteiger partial charge in [0.1, 0.15) is 5.75 Å². The quantitative estimate of drug-likeness (QED) is 0.578. The molecule has 0 fully saturated rings. The van der Waals surface area contributed by atoms with Crippen LogP contribution in [-0.4, -0.2) is 25.1 Å². The van der Waals surface area contributed by atoms with Crippen LogP contribution in [0.25, 0.3) is 6.08 Å². The van der Waals surface area contributed by atoms with Crippen LogP contribution in [0.5, 0.6) is 5.75 Å². The van der Waals surface area contributed by atoms with E-state index in [1.54, 1.807) is 25.1 Å². The molecular formula is C21H23NO4. The summed E-state index contributed by atoms with van der Waals surface area (Å²) >= 11 is 0. The molecule has 1 N–H and O–H groups in total. The van der Waals surface area contributed by atoms with Gasteiger partial charge in [-0.1, -0.05) is 24.3 Å². The summed E-state index contributed by atoms with van der Waals surface area (Å²) in [6.07, 6.45) is 3.34. The number of carbonyl (C=O) groups is 2. The normalized spacial score (nSPS) is 10.5. The molecule has 5 nitrogen and oxygen atoms in total. The van der Waals surface area contributed by atoms with Crippen LogP contribution in [0.1, 0.15) is 25.0 Å². The minimum Gasteiger partial charge on any atom is -0.494 e. The maximum atomic E-state index is 12.1. The summed E-state index contributed by atoms with van der Waals surface area (Å²) in [5.74, 6) is 0.326. The Kier molecular flexibility index (Phi) is 7.43. The molecule has 1 amide bonds. The molecule has 2 aromatic rings. The minimum absolute atomic E-state index is 0.0935. The lowest BCUT2D eigenvalue weighted by molar-refractivity contribution is -0.137. The van der Waals surface area contributed by atoms with E-state index in [0.29, 0.717) is 18.9 Å². The van der Waals surface area contributed by atoms with Crippen LogP contribution in [0.4, 0.5) is 5.69 Å². The number of ether oxygens (including phenoxy) is 2. The van der Waals surface area contributed by atoms with E-state index in [-0.39, 0.29) is 18.3 Å². The first-order chi connectivity index (χ1) is 12.6. The average molecular weight is 353 g/mol. The molecule has 26 heavy (non-hydrogen) atoms. The van der Waals surface area contributed by atoms with Crippen LogP contribution in [0.3, 0.4) is 0 Å². The number of carbonyl (C=O) groups excluding carboxylic acids is 2. The number of amides is 1. The Morgan fingerprint density at radius 2 is 1.65 bits per heavy atom. The zero-order valence-electron chi connectivity index (χ0n) is 15.0. The fourth-order valence-corrected chi connectivity index (χ4v) is 2.29. The van der Waals surface area contributed by atoms with E-state index in [9.17, 15) is 9.59 Å². The highest BCUT2D eigenvalue weighted by molar-refractivity contribution is 5.92. The predicted molar refractivity (Wildman–Crippen MR) is 102 cm³/mol. The molecule has 2 rings (SSSR count). The van der Waals surface area contributed by atoms with Gasteiger partial charge in [0.15, 0.2) is 0 Å². The Morgan fingerprint density at radius 1 is 0.962 bits per heavy atom. The number of rotatable bonds is 8. The van der Waals surface area contributed by atoms with Crippen LogP contribution in [0.2, 0.25) is 0 Å². The van der Waals surface area contributed by atoms with Gasteiger partial charge in [-0.05, 0) is 55.3 Å². The smallest absolute Gasteiger partial charge is 0.330 e. The van der Waals surface area contributed by atoms with E-state index >= 15 is 0 Å². The lowest BCUT2D eigenvalue weighted by atomic mass is 10.1. The molecule has 0 saturated heterocycles. The molecule has 0 saturated carbocycles. The average Bonchev–Trinajstić information content (AvgIpc) is 2.63. The van der Waals surface area contributed by atoms with Crippen molar-refractivity contribution in [2.45, 2.75) is 20.3 Å². The van der Waals surface area contributed by atoms with Crippen LogP contribution >= 0.6 is 0 Å². The Labute approximate surface area is 153 Å². The van der Waals surface area contributed by atoms with Crippen LogP contribution in [0.15, 0.2) is 54.6 Å². The van der Waals surface area contributed by atoms with E-state index in [1.807, 2.05) is 43.3 Å². The molecule has 0 aliphatic carbocycles. The van der Waals surface area contributed by atoms with E-state index in [1.165, 1.54) is 6.08 Å². The zero-order chi connectivity index (χ0) is 18.8. The molecule has 0 radical (unpaired) electrons. The molecule has 0 aromatic heterocycles. The third-order valence-corrected chi connectivity index (χ3v) is 3.49. The number of anilines is 1. The Hall–Kier alpha value is -3.08. The van der Waals surface area contributed by atoms with Gasteiger partial charge in [0, 0.05) is 11.8 Å². The molecule has 0 aliphatic heterocycles. The highest BCUT2D eigenvalue weighted by atomic mass is 16.5. The molecule has 0 aliphatic rings. The van der Waals surface area contributed by atoms with Crippen molar-refractivity contribution in [3.05, 3.63) is 65.7 Å². The molecule has 0 bridgehead atoms. The molecule has 136 valence electrons. The summed E-state index contributed by atoms with van der Waals surface area (Å²) in [6, 6.07) is 14.7. The van der Waals surface area contributed by atoms with E-state index in [4.69, 9.17) is 9.47 Å². The lowest BCUT2D eigenvalue weighted by Crippen LogP contribution is -2.14. The molecule has 0 unspecified atom stereocenters. The summed E-state index contributed by atoms with van der Waals surface area (Å²) in [5, 5.41) is 2.86. The number of nitrogens with one attached hydrogen (secondary N) is 1. The van der Waals surface area contributed by atoms with Gasteiger partial charge in [-0.2, -0.15) is 0 Å². The van der Waals surface area contributed by atoms with Crippen molar-refractivity contribution in [1.82, 2.24) is 0 Å². The maximum Gasteiger partial charge on any atom is 0.330 e. The van der Waals surface area contributed by atoms with Crippen LogP contribution < -0.4 is 10.1 Å². The summed E-state index contributed by atoms with van der Waals surface area (Å²) < 4.78 is 10.2. The molecule has 0 spiro atoms. The van der Waals surface area contributed by atoms with Gasteiger partial charge in [0.25, 0.3) is 0 Å². The molecule has 0 atom stereocenters. The van der Waals surface area contributed by atoms with E-state index < -0.39 is 0 Å². The van der Waals surface area contributed by atoms with Gasteiger partial charge in [-0.3, -0.25) is 4.79 Å². The number of esters is 1. The molecule has 2 aromatic carbocycles. The first-order valence-electron chi connectivity index (χ1n) is 8.57. The second-order valence-corrected chi connectivity index (χ2v) is 5.51.